The van der Waals surface area contributed by atoms with E-state index in [1.54, 1.807) is 6.92 Å². The lowest BCUT2D eigenvalue weighted by Crippen LogP contribution is -2.62. The Labute approximate surface area is 91.6 Å². The third kappa shape index (κ3) is 2.83. The van der Waals surface area contributed by atoms with Crippen molar-refractivity contribution in [3.8, 4) is 0 Å². The highest BCUT2D eigenvalue weighted by atomic mass is 35.5. The summed E-state index contributed by atoms with van der Waals surface area (Å²) < 4.78 is 0. The zero-order valence-corrected chi connectivity index (χ0v) is 9.86. The topological polar surface area (TPSA) is 58.4 Å². The Balaban J connectivity index is 0.00000169. The fourth-order valence-electron chi connectivity index (χ4n) is 1.64. The van der Waals surface area contributed by atoms with Crippen molar-refractivity contribution in [1.82, 2.24) is 10.2 Å². The Kier molecular flexibility index (Phi) is 4.84. The molecule has 1 aliphatic heterocycles. The molecule has 0 aliphatic carbocycles. The molecule has 14 heavy (non-hydrogen) atoms. The quantitative estimate of drug-likeness (QED) is 0.654. The molecule has 1 heterocycles. The summed E-state index contributed by atoms with van der Waals surface area (Å²) in [6, 6.07) is -0.391. The molecule has 0 spiro atoms. The molecule has 1 aliphatic rings. The van der Waals surface area contributed by atoms with E-state index < -0.39 is 6.04 Å². The first-order valence-electron chi connectivity index (χ1n) is 4.73. The first-order chi connectivity index (χ1) is 5.95. The number of nitrogens with zero attached hydrogens (tertiary/aromatic N) is 1. The van der Waals surface area contributed by atoms with Gasteiger partial charge in [-0.1, -0.05) is 0 Å². The third-order valence-electron chi connectivity index (χ3n) is 2.46. The largest absolute Gasteiger partial charge is 0.334 e. The second kappa shape index (κ2) is 4.96. The molecule has 1 saturated heterocycles. The van der Waals surface area contributed by atoms with E-state index in [0.29, 0.717) is 0 Å². The third-order valence-corrected chi connectivity index (χ3v) is 2.46. The number of halogens is 1. The average Bonchev–Trinajstić information content (AvgIpc) is 2.02. The zero-order chi connectivity index (χ0) is 10.1. The highest BCUT2D eigenvalue weighted by Crippen LogP contribution is 2.16. The summed E-state index contributed by atoms with van der Waals surface area (Å²) in [6.07, 6.45) is 0. The van der Waals surface area contributed by atoms with Crippen LogP contribution in [0, 0.1) is 0 Å². The van der Waals surface area contributed by atoms with Crippen LogP contribution in [0.2, 0.25) is 0 Å². The predicted molar refractivity (Wildman–Crippen MR) is 59.6 cm³/mol. The van der Waals surface area contributed by atoms with E-state index in [4.69, 9.17) is 5.73 Å². The molecule has 1 amide bonds. The molecule has 1 atom stereocenters. The van der Waals surface area contributed by atoms with Crippen molar-refractivity contribution in [1.29, 1.82) is 0 Å². The Morgan fingerprint density at radius 1 is 1.57 bits per heavy atom. The smallest absolute Gasteiger partial charge is 0.239 e. The number of rotatable bonds is 1. The van der Waals surface area contributed by atoms with Crippen molar-refractivity contribution in [2.24, 2.45) is 5.73 Å². The predicted octanol–water partition coefficient (Wildman–Crippen LogP) is -0.0342. The summed E-state index contributed by atoms with van der Waals surface area (Å²) in [5.74, 6) is 0.0477. The molecule has 0 saturated carbocycles. The van der Waals surface area contributed by atoms with Crippen molar-refractivity contribution in [2.75, 3.05) is 19.6 Å². The normalized spacial score (nSPS) is 22.4. The van der Waals surface area contributed by atoms with Gasteiger partial charge in [-0.05, 0) is 20.8 Å². The van der Waals surface area contributed by atoms with Crippen LogP contribution in [0.15, 0.2) is 0 Å². The van der Waals surface area contributed by atoms with Gasteiger partial charge in [-0.3, -0.25) is 4.79 Å². The minimum atomic E-state index is -0.391. The van der Waals surface area contributed by atoms with Gasteiger partial charge in [0.25, 0.3) is 0 Å². The molecular formula is C9H20ClN3O. The number of hydrogen-bond acceptors (Lipinski definition) is 3. The molecule has 0 radical (unpaired) electrons. The Bertz CT molecular complexity index is 206. The summed E-state index contributed by atoms with van der Waals surface area (Å²) in [4.78, 5) is 13.6. The highest BCUT2D eigenvalue weighted by Gasteiger charge is 2.34. The van der Waals surface area contributed by atoms with E-state index in [1.807, 2.05) is 4.90 Å². The van der Waals surface area contributed by atoms with Crippen LogP contribution in [-0.4, -0.2) is 42.0 Å². The molecule has 0 aromatic heterocycles. The van der Waals surface area contributed by atoms with E-state index in [2.05, 4.69) is 19.2 Å². The number of nitrogens with two attached hydrogens (primary N) is 1. The van der Waals surface area contributed by atoms with Gasteiger partial charge in [-0.25, -0.2) is 0 Å². The standard InChI is InChI=1S/C9H19N3O.ClH/c1-7(10)8(13)12-5-4-11-6-9(12,2)3;/h7,11H,4-6,10H2,1-3H3;1H/t7-;/m0./s1. The van der Waals surface area contributed by atoms with Gasteiger partial charge in [0.15, 0.2) is 0 Å². The lowest BCUT2D eigenvalue weighted by Gasteiger charge is -2.43. The maximum absolute atomic E-state index is 11.7. The Hall–Kier alpha value is -0.320. The van der Waals surface area contributed by atoms with Crippen molar-refractivity contribution < 1.29 is 4.79 Å². The molecule has 0 aromatic carbocycles. The summed E-state index contributed by atoms with van der Waals surface area (Å²) >= 11 is 0. The van der Waals surface area contributed by atoms with Crippen molar-refractivity contribution >= 4 is 18.3 Å². The number of hydrogen-bond donors (Lipinski definition) is 2. The number of amides is 1. The van der Waals surface area contributed by atoms with Gasteiger partial charge in [0.05, 0.1) is 6.04 Å². The van der Waals surface area contributed by atoms with Crippen LogP contribution in [0.4, 0.5) is 0 Å². The van der Waals surface area contributed by atoms with Gasteiger partial charge in [-0.2, -0.15) is 0 Å². The van der Waals surface area contributed by atoms with Crippen LogP contribution in [0.1, 0.15) is 20.8 Å². The maximum Gasteiger partial charge on any atom is 0.239 e. The molecule has 0 unspecified atom stereocenters. The first kappa shape index (κ1) is 13.7. The molecule has 1 rings (SSSR count). The lowest BCUT2D eigenvalue weighted by atomic mass is 9.99. The minimum Gasteiger partial charge on any atom is -0.334 e. The van der Waals surface area contributed by atoms with Crippen molar-refractivity contribution in [3.63, 3.8) is 0 Å². The molecule has 1 fully saturated rings. The van der Waals surface area contributed by atoms with Gasteiger partial charge in [0.2, 0.25) is 5.91 Å². The van der Waals surface area contributed by atoms with E-state index in [9.17, 15) is 4.79 Å². The van der Waals surface area contributed by atoms with Crippen LogP contribution >= 0.6 is 12.4 Å². The van der Waals surface area contributed by atoms with Crippen LogP contribution in [0.3, 0.4) is 0 Å². The van der Waals surface area contributed by atoms with Gasteiger partial charge in [-0.15, -0.1) is 12.4 Å². The van der Waals surface area contributed by atoms with Crippen LogP contribution < -0.4 is 11.1 Å². The molecular weight excluding hydrogens is 202 g/mol. The van der Waals surface area contributed by atoms with Gasteiger partial charge < -0.3 is 16.0 Å². The highest BCUT2D eigenvalue weighted by molar-refractivity contribution is 5.85. The summed E-state index contributed by atoms with van der Waals surface area (Å²) in [5.41, 5.74) is 5.47. The summed E-state index contributed by atoms with van der Waals surface area (Å²) in [7, 11) is 0. The molecule has 84 valence electrons. The van der Waals surface area contributed by atoms with E-state index in [1.165, 1.54) is 0 Å². The van der Waals surface area contributed by atoms with Crippen molar-refractivity contribution in [3.05, 3.63) is 0 Å². The van der Waals surface area contributed by atoms with Crippen LogP contribution in [-0.2, 0) is 4.79 Å². The number of nitrogens with one attached hydrogen (secondary N) is 1. The SMILES string of the molecule is C[C@H](N)C(=O)N1CCNCC1(C)C.Cl. The number of piperazine rings is 1. The van der Waals surface area contributed by atoms with Crippen LogP contribution in [0.5, 0.6) is 0 Å². The lowest BCUT2D eigenvalue weighted by molar-refractivity contribution is -0.138. The van der Waals surface area contributed by atoms with Gasteiger partial charge in [0, 0.05) is 25.2 Å². The average molecular weight is 222 g/mol. The van der Waals surface area contributed by atoms with Crippen molar-refractivity contribution in [2.45, 2.75) is 32.4 Å². The van der Waals surface area contributed by atoms with Gasteiger partial charge in [0.1, 0.15) is 0 Å². The molecule has 4 nitrogen and oxygen atoms in total. The first-order valence-corrected chi connectivity index (χ1v) is 4.73. The van der Waals surface area contributed by atoms with E-state index in [0.717, 1.165) is 19.6 Å². The van der Waals surface area contributed by atoms with E-state index >= 15 is 0 Å². The van der Waals surface area contributed by atoms with E-state index in [-0.39, 0.29) is 23.9 Å². The fourth-order valence-corrected chi connectivity index (χ4v) is 1.64. The summed E-state index contributed by atoms with van der Waals surface area (Å²) in [5, 5.41) is 3.26. The monoisotopic (exact) mass is 221 g/mol. The second-order valence-electron chi connectivity index (χ2n) is 4.27. The molecule has 5 heteroatoms. The fraction of sp³-hybridized carbons (Fsp3) is 0.889. The Morgan fingerprint density at radius 3 is 2.57 bits per heavy atom. The molecule has 0 bridgehead atoms. The maximum atomic E-state index is 11.7. The second-order valence-corrected chi connectivity index (χ2v) is 4.27. The number of carbonyl (C=O) groups excluding carboxylic acids is 1. The van der Waals surface area contributed by atoms with Gasteiger partial charge >= 0.3 is 0 Å². The summed E-state index contributed by atoms with van der Waals surface area (Å²) in [6.45, 7) is 8.31. The zero-order valence-electron chi connectivity index (χ0n) is 9.04. The molecule has 0 aromatic rings. The van der Waals surface area contributed by atoms with Crippen LogP contribution in [0.25, 0.3) is 0 Å². The molecule has 3 N–H and O–H groups in total. The Morgan fingerprint density at radius 2 is 2.14 bits per heavy atom. The minimum absolute atomic E-state index is 0. The number of carbonyl (C=O) groups is 1.